The lowest BCUT2D eigenvalue weighted by Gasteiger charge is -2.30. The molecule has 31 heavy (non-hydrogen) atoms. The molecule has 1 atom stereocenters. The topological polar surface area (TPSA) is 81.1 Å². The van der Waals surface area contributed by atoms with Crippen molar-refractivity contribution in [2.45, 2.75) is 52.7 Å². The van der Waals surface area contributed by atoms with Crippen LogP contribution in [-0.4, -0.2) is 32.4 Å². The zero-order valence-electron chi connectivity index (χ0n) is 18.2. The summed E-state index contributed by atoms with van der Waals surface area (Å²) in [6.07, 6.45) is 3.23. The Morgan fingerprint density at radius 2 is 1.97 bits per heavy atom. The number of anilines is 1. The van der Waals surface area contributed by atoms with Gasteiger partial charge in [0.2, 0.25) is 0 Å². The SMILES string of the molecule is CCCC(=O)OC(C)c1nccc(N2CCc3c(nc(C)nc3-c3ccccc3)C2)n1. The molecule has 0 spiro atoms. The third-order valence-corrected chi connectivity index (χ3v) is 5.33. The highest BCUT2D eigenvalue weighted by molar-refractivity contribution is 5.69. The fourth-order valence-corrected chi connectivity index (χ4v) is 3.83. The summed E-state index contributed by atoms with van der Waals surface area (Å²) in [6, 6.07) is 12.1. The van der Waals surface area contributed by atoms with Crippen LogP contribution in [0.15, 0.2) is 42.6 Å². The highest BCUT2D eigenvalue weighted by Gasteiger charge is 2.24. The molecule has 1 aliphatic rings. The smallest absolute Gasteiger partial charge is 0.306 e. The van der Waals surface area contributed by atoms with Gasteiger partial charge in [-0.25, -0.2) is 19.9 Å². The number of fused-ring (bicyclic) bond motifs is 1. The average molecular weight is 418 g/mol. The second kappa shape index (κ2) is 9.20. The molecule has 0 fully saturated rings. The van der Waals surface area contributed by atoms with Gasteiger partial charge in [-0.15, -0.1) is 0 Å². The van der Waals surface area contributed by atoms with Crippen molar-refractivity contribution in [1.29, 1.82) is 0 Å². The molecule has 0 radical (unpaired) electrons. The fourth-order valence-electron chi connectivity index (χ4n) is 3.83. The lowest BCUT2D eigenvalue weighted by Crippen LogP contribution is -2.33. The van der Waals surface area contributed by atoms with Crippen LogP contribution in [0, 0.1) is 6.92 Å². The van der Waals surface area contributed by atoms with E-state index in [4.69, 9.17) is 14.7 Å². The minimum absolute atomic E-state index is 0.225. The summed E-state index contributed by atoms with van der Waals surface area (Å²) in [7, 11) is 0. The van der Waals surface area contributed by atoms with Crippen molar-refractivity contribution in [2.24, 2.45) is 0 Å². The van der Waals surface area contributed by atoms with Crippen LogP contribution in [0.4, 0.5) is 5.82 Å². The van der Waals surface area contributed by atoms with Crippen LogP contribution in [0.25, 0.3) is 11.3 Å². The van der Waals surface area contributed by atoms with Crippen LogP contribution in [0.1, 0.15) is 55.7 Å². The van der Waals surface area contributed by atoms with Crippen LogP contribution in [0.2, 0.25) is 0 Å². The quantitative estimate of drug-likeness (QED) is 0.556. The van der Waals surface area contributed by atoms with Gasteiger partial charge in [0.1, 0.15) is 11.6 Å². The minimum Gasteiger partial charge on any atom is -0.454 e. The number of rotatable bonds is 6. The van der Waals surface area contributed by atoms with Gasteiger partial charge in [-0.1, -0.05) is 37.3 Å². The molecule has 1 aromatic carbocycles. The Morgan fingerprint density at radius 3 is 2.74 bits per heavy atom. The van der Waals surface area contributed by atoms with Crippen LogP contribution < -0.4 is 4.90 Å². The number of hydrogen-bond donors (Lipinski definition) is 0. The molecule has 3 aromatic rings. The van der Waals surface area contributed by atoms with Gasteiger partial charge in [-0.05, 0) is 32.8 Å². The highest BCUT2D eigenvalue weighted by atomic mass is 16.5. The van der Waals surface area contributed by atoms with Crippen molar-refractivity contribution in [2.75, 3.05) is 11.4 Å². The lowest BCUT2D eigenvalue weighted by atomic mass is 9.98. The zero-order valence-corrected chi connectivity index (χ0v) is 18.2. The summed E-state index contributed by atoms with van der Waals surface area (Å²) in [5, 5.41) is 0. The van der Waals surface area contributed by atoms with E-state index in [0.29, 0.717) is 18.8 Å². The third-order valence-electron chi connectivity index (χ3n) is 5.33. The second-order valence-corrected chi connectivity index (χ2v) is 7.74. The van der Waals surface area contributed by atoms with Crippen molar-refractivity contribution < 1.29 is 9.53 Å². The van der Waals surface area contributed by atoms with Gasteiger partial charge in [0.25, 0.3) is 0 Å². The Kier molecular flexibility index (Phi) is 6.21. The Labute approximate surface area is 182 Å². The molecule has 1 unspecified atom stereocenters. The Bertz CT molecular complexity index is 1070. The van der Waals surface area contributed by atoms with E-state index in [1.54, 1.807) is 13.1 Å². The Balaban J connectivity index is 1.57. The van der Waals surface area contributed by atoms with Crippen molar-refractivity contribution >= 4 is 11.8 Å². The number of aryl methyl sites for hydroxylation is 1. The van der Waals surface area contributed by atoms with Crippen molar-refractivity contribution in [3.8, 4) is 11.3 Å². The third kappa shape index (κ3) is 4.71. The van der Waals surface area contributed by atoms with E-state index in [0.717, 1.165) is 48.0 Å². The summed E-state index contributed by atoms with van der Waals surface area (Å²) < 4.78 is 5.45. The maximum absolute atomic E-state index is 11.8. The number of benzene rings is 1. The first-order valence-electron chi connectivity index (χ1n) is 10.7. The van der Waals surface area contributed by atoms with E-state index >= 15 is 0 Å². The number of aromatic nitrogens is 4. The van der Waals surface area contributed by atoms with Crippen LogP contribution in [0.5, 0.6) is 0 Å². The monoisotopic (exact) mass is 417 g/mol. The van der Waals surface area contributed by atoms with E-state index in [2.05, 4.69) is 27.0 Å². The largest absolute Gasteiger partial charge is 0.454 e. The number of esters is 1. The molecule has 7 heteroatoms. The van der Waals surface area contributed by atoms with Crippen LogP contribution >= 0.6 is 0 Å². The molecule has 2 aromatic heterocycles. The molecule has 3 heterocycles. The summed E-state index contributed by atoms with van der Waals surface area (Å²) >= 11 is 0. The highest BCUT2D eigenvalue weighted by Crippen LogP contribution is 2.30. The van der Waals surface area contributed by atoms with Crippen LogP contribution in [-0.2, 0) is 22.5 Å². The Hall–Kier alpha value is -3.35. The van der Waals surface area contributed by atoms with Gasteiger partial charge in [0.15, 0.2) is 11.9 Å². The van der Waals surface area contributed by atoms with Gasteiger partial charge < -0.3 is 9.64 Å². The standard InChI is InChI=1S/C24H27N5O2/c1-4-8-22(30)31-16(2)24-25-13-11-21(28-24)29-14-12-19-20(15-29)26-17(3)27-23(19)18-9-6-5-7-10-18/h5-7,9-11,13,16H,4,8,12,14-15H2,1-3H3. The van der Waals surface area contributed by atoms with Gasteiger partial charge in [0, 0.05) is 30.3 Å². The number of carbonyl (C=O) groups excluding carboxylic acids is 1. The van der Waals surface area contributed by atoms with E-state index in [-0.39, 0.29) is 5.97 Å². The molecule has 0 saturated heterocycles. The molecule has 160 valence electrons. The van der Waals surface area contributed by atoms with Crippen molar-refractivity contribution in [3.63, 3.8) is 0 Å². The van der Waals surface area contributed by atoms with E-state index < -0.39 is 6.10 Å². The van der Waals surface area contributed by atoms with E-state index in [1.165, 1.54) is 5.56 Å². The predicted molar refractivity (Wildman–Crippen MR) is 118 cm³/mol. The van der Waals surface area contributed by atoms with Gasteiger partial charge in [0.05, 0.1) is 17.9 Å². The molecule has 4 rings (SSSR count). The minimum atomic E-state index is -0.481. The average Bonchev–Trinajstić information content (AvgIpc) is 2.79. The number of ether oxygens (including phenoxy) is 1. The molecule has 1 aliphatic heterocycles. The first-order valence-corrected chi connectivity index (χ1v) is 10.7. The number of carbonyl (C=O) groups is 1. The summed E-state index contributed by atoms with van der Waals surface area (Å²) in [5.74, 6) is 1.86. The van der Waals surface area contributed by atoms with Crippen LogP contribution in [0.3, 0.4) is 0 Å². The normalized spacial score (nSPS) is 14.1. The molecule has 0 aliphatic carbocycles. The second-order valence-electron chi connectivity index (χ2n) is 7.74. The maximum atomic E-state index is 11.8. The first kappa shape index (κ1) is 20.9. The molecular weight excluding hydrogens is 390 g/mol. The molecular formula is C24H27N5O2. The van der Waals surface area contributed by atoms with E-state index in [1.807, 2.05) is 38.1 Å². The molecule has 0 saturated carbocycles. The molecule has 0 amide bonds. The lowest BCUT2D eigenvalue weighted by molar-refractivity contribution is -0.149. The van der Waals surface area contributed by atoms with Gasteiger partial charge in [-0.2, -0.15) is 0 Å². The van der Waals surface area contributed by atoms with Gasteiger partial charge >= 0.3 is 5.97 Å². The number of hydrogen-bond acceptors (Lipinski definition) is 7. The van der Waals surface area contributed by atoms with E-state index in [9.17, 15) is 4.79 Å². The summed E-state index contributed by atoms with van der Waals surface area (Å²) in [5.41, 5.74) is 4.36. The van der Waals surface area contributed by atoms with Crippen molar-refractivity contribution in [3.05, 3.63) is 65.5 Å². The number of nitrogens with zero attached hydrogens (tertiary/aromatic N) is 5. The molecule has 0 bridgehead atoms. The summed E-state index contributed by atoms with van der Waals surface area (Å²) in [4.78, 5) is 32.5. The molecule has 0 N–H and O–H groups in total. The predicted octanol–water partition coefficient (Wildman–Crippen LogP) is 4.21. The van der Waals surface area contributed by atoms with Crippen molar-refractivity contribution in [1.82, 2.24) is 19.9 Å². The summed E-state index contributed by atoms with van der Waals surface area (Å²) in [6.45, 7) is 7.14. The Morgan fingerprint density at radius 1 is 1.16 bits per heavy atom. The molecule has 7 nitrogen and oxygen atoms in total. The zero-order chi connectivity index (χ0) is 21.8. The first-order chi connectivity index (χ1) is 15.0. The maximum Gasteiger partial charge on any atom is 0.306 e. The van der Waals surface area contributed by atoms with Gasteiger partial charge in [-0.3, -0.25) is 4.79 Å². The fraction of sp³-hybridized carbons (Fsp3) is 0.375.